The molecule has 0 atom stereocenters. The van der Waals surface area contributed by atoms with Crippen LogP contribution in [0.15, 0.2) is 0 Å². The second kappa shape index (κ2) is 3.61. The Morgan fingerprint density at radius 2 is 2.29 bits per heavy atom. The number of hydrogen-bond acceptors (Lipinski definition) is 3. The highest BCUT2D eigenvalue weighted by Gasteiger charge is 1.85. The van der Waals surface area contributed by atoms with Crippen molar-refractivity contribution in [1.29, 1.82) is 0 Å². The SMILES string of the molecule is COCOC(C)=O. The van der Waals surface area contributed by atoms with E-state index in [1.807, 2.05) is 0 Å². The van der Waals surface area contributed by atoms with Gasteiger partial charge in [0.15, 0.2) is 6.79 Å². The molecule has 7 heavy (non-hydrogen) atoms. The van der Waals surface area contributed by atoms with Crippen LogP contribution in [0.2, 0.25) is 0 Å². The average Bonchev–Trinajstić information content (AvgIpc) is 1.61. The molecule has 0 saturated heterocycles. The molecule has 0 aliphatic carbocycles. The van der Waals surface area contributed by atoms with Crippen LogP contribution in [0.3, 0.4) is 0 Å². The van der Waals surface area contributed by atoms with Gasteiger partial charge in [0.1, 0.15) is 0 Å². The normalized spacial score (nSPS) is 8.29. The molecular weight excluding hydrogens is 96.0 g/mol. The van der Waals surface area contributed by atoms with Crippen LogP contribution in [-0.2, 0) is 14.3 Å². The molecule has 3 heteroatoms. The molecular formula is C4H8O3. The lowest BCUT2D eigenvalue weighted by molar-refractivity contribution is -0.151. The van der Waals surface area contributed by atoms with Crippen LogP contribution in [0.4, 0.5) is 0 Å². The zero-order valence-electron chi connectivity index (χ0n) is 4.43. The molecule has 0 rings (SSSR count). The van der Waals surface area contributed by atoms with Crippen LogP contribution in [0, 0.1) is 0 Å². The summed E-state index contributed by atoms with van der Waals surface area (Å²) in [6.07, 6.45) is 0. The monoisotopic (exact) mass is 104 g/mol. The van der Waals surface area contributed by atoms with Gasteiger partial charge >= 0.3 is 5.97 Å². The fourth-order valence-electron chi connectivity index (χ4n) is 0.142. The van der Waals surface area contributed by atoms with Crippen molar-refractivity contribution in [3.8, 4) is 0 Å². The molecule has 0 spiro atoms. The quantitative estimate of drug-likeness (QED) is 0.369. The summed E-state index contributed by atoms with van der Waals surface area (Å²) < 4.78 is 8.74. The summed E-state index contributed by atoms with van der Waals surface area (Å²) in [5.74, 6) is -0.318. The zero-order chi connectivity index (χ0) is 5.70. The van der Waals surface area contributed by atoms with Gasteiger partial charge in [0.25, 0.3) is 0 Å². The summed E-state index contributed by atoms with van der Waals surface area (Å²) in [5.41, 5.74) is 0. The van der Waals surface area contributed by atoms with E-state index in [2.05, 4.69) is 9.47 Å². The maximum atomic E-state index is 9.90. The third-order valence-corrected chi connectivity index (χ3v) is 0.380. The summed E-state index contributed by atoms with van der Waals surface area (Å²) in [6, 6.07) is 0. The van der Waals surface area contributed by atoms with Crippen molar-refractivity contribution >= 4 is 5.97 Å². The molecule has 0 fully saturated rings. The maximum Gasteiger partial charge on any atom is 0.304 e. The minimum atomic E-state index is -0.318. The van der Waals surface area contributed by atoms with Crippen molar-refractivity contribution in [1.82, 2.24) is 0 Å². The lowest BCUT2D eigenvalue weighted by Gasteiger charge is -1.95. The molecule has 0 aliphatic heterocycles. The molecule has 0 N–H and O–H groups in total. The number of methoxy groups -OCH3 is 1. The predicted octanol–water partition coefficient (Wildman–Crippen LogP) is 0.153. The minimum Gasteiger partial charge on any atom is -0.439 e. The first-order chi connectivity index (χ1) is 3.27. The van der Waals surface area contributed by atoms with Gasteiger partial charge < -0.3 is 9.47 Å². The lowest BCUT2D eigenvalue weighted by atomic mass is 10.8. The summed E-state index contributed by atoms with van der Waals surface area (Å²) in [6.45, 7) is 1.38. The Kier molecular flexibility index (Phi) is 3.32. The van der Waals surface area contributed by atoms with Gasteiger partial charge in [0.2, 0.25) is 0 Å². The highest BCUT2D eigenvalue weighted by atomic mass is 16.7. The Labute approximate surface area is 42.2 Å². The van der Waals surface area contributed by atoms with E-state index in [4.69, 9.17) is 0 Å². The van der Waals surface area contributed by atoms with Gasteiger partial charge in [-0.25, -0.2) is 0 Å². The minimum absolute atomic E-state index is 0.0509. The molecule has 0 aromatic rings. The predicted molar refractivity (Wildman–Crippen MR) is 23.6 cm³/mol. The molecule has 0 radical (unpaired) electrons. The zero-order valence-corrected chi connectivity index (χ0v) is 4.43. The largest absolute Gasteiger partial charge is 0.439 e. The van der Waals surface area contributed by atoms with Gasteiger partial charge in [-0.15, -0.1) is 0 Å². The van der Waals surface area contributed by atoms with Crippen molar-refractivity contribution in [3.63, 3.8) is 0 Å². The molecule has 0 aromatic carbocycles. The Bertz CT molecular complexity index is 60.0. The van der Waals surface area contributed by atoms with Crippen molar-refractivity contribution in [2.24, 2.45) is 0 Å². The van der Waals surface area contributed by atoms with E-state index < -0.39 is 0 Å². The summed E-state index contributed by atoms with van der Waals surface area (Å²) >= 11 is 0. The Morgan fingerprint density at radius 1 is 1.71 bits per heavy atom. The van der Waals surface area contributed by atoms with Gasteiger partial charge in [-0.1, -0.05) is 0 Å². The van der Waals surface area contributed by atoms with Crippen LogP contribution >= 0.6 is 0 Å². The molecule has 0 saturated carbocycles. The molecule has 42 valence electrons. The Morgan fingerprint density at radius 3 is 2.43 bits per heavy atom. The topological polar surface area (TPSA) is 35.5 Å². The number of carbonyl (C=O) groups excluding carboxylic acids is 1. The Balaban J connectivity index is 2.82. The molecule has 0 heterocycles. The second-order valence-electron chi connectivity index (χ2n) is 1.04. The van der Waals surface area contributed by atoms with Crippen molar-refractivity contribution in [2.45, 2.75) is 6.92 Å². The van der Waals surface area contributed by atoms with Crippen LogP contribution in [-0.4, -0.2) is 19.9 Å². The van der Waals surface area contributed by atoms with E-state index in [-0.39, 0.29) is 12.8 Å². The lowest BCUT2D eigenvalue weighted by Crippen LogP contribution is -2.00. The third-order valence-electron chi connectivity index (χ3n) is 0.380. The van der Waals surface area contributed by atoms with Crippen molar-refractivity contribution in [3.05, 3.63) is 0 Å². The van der Waals surface area contributed by atoms with E-state index in [9.17, 15) is 4.79 Å². The van der Waals surface area contributed by atoms with Gasteiger partial charge in [-0.05, 0) is 0 Å². The van der Waals surface area contributed by atoms with E-state index >= 15 is 0 Å². The van der Waals surface area contributed by atoms with Gasteiger partial charge in [-0.3, -0.25) is 4.79 Å². The molecule has 0 amide bonds. The van der Waals surface area contributed by atoms with Crippen LogP contribution < -0.4 is 0 Å². The number of carbonyl (C=O) groups is 1. The van der Waals surface area contributed by atoms with E-state index in [0.717, 1.165) is 0 Å². The number of hydrogen-bond donors (Lipinski definition) is 0. The highest BCUT2D eigenvalue weighted by Crippen LogP contribution is 1.72. The van der Waals surface area contributed by atoms with Crippen molar-refractivity contribution in [2.75, 3.05) is 13.9 Å². The number of ether oxygens (including phenoxy) is 2. The molecule has 0 bridgehead atoms. The first kappa shape index (κ1) is 6.43. The van der Waals surface area contributed by atoms with Gasteiger partial charge in [0.05, 0.1) is 0 Å². The fourth-order valence-corrected chi connectivity index (χ4v) is 0.142. The van der Waals surface area contributed by atoms with E-state index in [0.29, 0.717) is 0 Å². The molecule has 0 aliphatic rings. The third kappa shape index (κ3) is 5.43. The van der Waals surface area contributed by atoms with Crippen LogP contribution in [0.1, 0.15) is 6.92 Å². The smallest absolute Gasteiger partial charge is 0.304 e. The van der Waals surface area contributed by atoms with E-state index in [1.54, 1.807) is 0 Å². The first-order valence-corrected chi connectivity index (χ1v) is 1.89. The van der Waals surface area contributed by atoms with Crippen LogP contribution in [0.25, 0.3) is 0 Å². The van der Waals surface area contributed by atoms with Crippen LogP contribution in [0.5, 0.6) is 0 Å². The highest BCUT2D eigenvalue weighted by molar-refractivity contribution is 5.65. The summed E-state index contributed by atoms with van der Waals surface area (Å²) in [7, 11) is 1.46. The molecule has 3 nitrogen and oxygen atoms in total. The fraction of sp³-hybridized carbons (Fsp3) is 0.750. The Hall–Kier alpha value is -0.570. The number of rotatable bonds is 2. The average molecular weight is 104 g/mol. The summed E-state index contributed by atoms with van der Waals surface area (Å²) in [5, 5.41) is 0. The van der Waals surface area contributed by atoms with Crippen molar-refractivity contribution < 1.29 is 14.3 Å². The number of esters is 1. The summed E-state index contributed by atoms with van der Waals surface area (Å²) in [4.78, 5) is 9.90. The standard InChI is InChI=1S/C4H8O3/c1-4(5)7-3-6-2/h3H2,1-2H3. The second-order valence-corrected chi connectivity index (χ2v) is 1.04. The van der Waals surface area contributed by atoms with E-state index in [1.165, 1.54) is 14.0 Å². The molecule has 0 unspecified atom stereocenters. The van der Waals surface area contributed by atoms with Gasteiger partial charge in [0, 0.05) is 14.0 Å². The first-order valence-electron chi connectivity index (χ1n) is 1.89. The maximum absolute atomic E-state index is 9.90. The van der Waals surface area contributed by atoms with Gasteiger partial charge in [-0.2, -0.15) is 0 Å². The molecule has 0 aromatic heterocycles.